The normalized spacial score (nSPS) is 31.9. The predicted molar refractivity (Wildman–Crippen MR) is 92.5 cm³/mol. The molecule has 5 nitrogen and oxygen atoms in total. The topological polar surface area (TPSA) is 91.3 Å². The zero-order valence-corrected chi connectivity index (χ0v) is 16.5. The number of ketones is 2. The lowest BCUT2D eigenvalue weighted by Gasteiger charge is -2.32. The Kier molecular flexibility index (Phi) is 6.14. The Morgan fingerprint density at radius 2 is 1.83 bits per heavy atom. The quantitative estimate of drug-likeness (QED) is 0.560. The molecule has 23 heavy (non-hydrogen) atoms. The molecule has 0 saturated heterocycles. The van der Waals surface area contributed by atoms with Gasteiger partial charge in [-0.05, 0) is 35.1 Å². The summed E-state index contributed by atoms with van der Waals surface area (Å²) in [5.41, 5.74) is -0.994. The van der Waals surface area contributed by atoms with E-state index >= 15 is 0 Å². The van der Waals surface area contributed by atoms with Crippen LogP contribution < -0.4 is 0 Å². The molecule has 3 atom stereocenters. The van der Waals surface area contributed by atoms with Crippen molar-refractivity contribution in [2.75, 3.05) is 18.3 Å². The predicted octanol–water partition coefficient (Wildman–Crippen LogP) is 1.77. The summed E-state index contributed by atoms with van der Waals surface area (Å²) in [6.45, 7) is 7.50. The first-order valence-corrected chi connectivity index (χ1v) is 11.5. The Balaban J connectivity index is 0.000000284. The van der Waals surface area contributed by atoms with E-state index < -0.39 is 20.8 Å². The van der Waals surface area contributed by atoms with Crippen LogP contribution in [0.25, 0.3) is 0 Å². The lowest BCUT2D eigenvalue weighted by molar-refractivity contribution is -0.128. The third kappa shape index (κ3) is 3.82. The van der Waals surface area contributed by atoms with Crippen molar-refractivity contribution in [3.05, 3.63) is 0 Å². The molecule has 7 heteroatoms. The van der Waals surface area contributed by atoms with Gasteiger partial charge in [0.15, 0.2) is 17.3 Å². The van der Waals surface area contributed by atoms with Gasteiger partial charge in [0.1, 0.15) is 15.4 Å². The molecule has 0 aromatic rings. The van der Waals surface area contributed by atoms with Gasteiger partial charge in [-0.1, -0.05) is 27.7 Å². The highest BCUT2D eigenvalue weighted by atomic mass is 32.2. The number of hydrogen-bond acceptors (Lipinski definition) is 5. The van der Waals surface area contributed by atoms with E-state index in [-0.39, 0.29) is 17.1 Å². The van der Waals surface area contributed by atoms with Crippen LogP contribution in [0.5, 0.6) is 0 Å². The van der Waals surface area contributed by atoms with Crippen molar-refractivity contribution in [3.8, 4) is 0 Å². The van der Waals surface area contributed by atoms with Gasteiger partial charge in [0.25, 0.3) is 0 Å². The van der Waals surface area contributed by atoms with E-state index in [4.69, 9.17) is 0 Å². The molecule has 2 bridgehead atoms. The number of carbonyl (C=O) groups is 2. The average molecular weight is 365 g/mol. The summed E-state index contributed by atoms with van der Waals surface area (Å²) in [6.07, 6.45) is 6.25. The maximum absolute atomic E-state index is 12.0. The first-order chi connectivity index (χ1) is 10.3. The van der Waals surface area contributed by atoms with Crippen molar-refractivity contribution >= 4 is 32.6 Å². The van der Waals surface area contributed by atoms with Crippen LogP contribution in [0.2, 0.25) is 0 Å². The maximum atomic E-state index is 12.0. The molecule has 0 radical (unpaired) electrons. The molecule has 0 heterocycles. The van der Waals surface area contributed by atoms with Crippen molar-refractivity contribution < 1.29 is 22.6 Å². The standard InChI is InChI=1S/C10H16O4S.C6H13OS/c1-9(2)6-4-5-10(9,3)8(11)7(6)15(12,13)14;1-4-6(7)5-8(2)3/h6-7H,4-5H2,1-3H3,(H,12,13,14);4-5H2,1-3H3/q;+1/p-1. The third-order valence-electron chi connectivity index (χ3n) is 5.63. The number of hydrogen-bond donors (Lipinski definition) is 0. The lowest BCUT2D eigenvalue weighted by atomic mass is 9.70. The number of fused-ring (bicyclic) bond motifs is 2. The smallest absolute Gasteiger partial charge is 0.181 e. The van der Waals surface area contributed by atoms with Crippen LogP contribution in [0.4, 0.5) is 0 Å². The molecule has 0 spiro atoms. The van der Waals surface area contributed by atoms with Crippen LogP contribution in [0, 0.1) is 16.7 Å². The molecule has 0 aromatic heterocycles. The minimum Gasteiger partial charge on any atom is -0.747 e. The van der Waals surface area contributed by atoms with Crippen molar-refractivity contribution in [2.45, 2.75) is 52.2 Å². The highest BCUT2D eigenvalue weighted by molar-refractivity contribution is 7.96. The largest absolute Gasteiger partial charge is 0.747 e. The molecule has 0 amide bonds. The molecule has 134 valence electrons. The zero-order chi connectivity index (χ0) is 18.2. The van der Waals surface area contributed by atoms with E-state index in [1.54, 1.807) is 6.92 Å². The van der Waals surface area contributed by atoms with E-state index in [2.05, 4.69) is 12.5 Å². The molecular formula is C16H28O5S2. The van der Waals surface area contributed by atoms with Crippen LogP contribution in [0.15, 0.2) is 0 Å². The molecule has 3 unspecified atom stereocenters. The van der Waals surface area contributed by atoms with Gasteiger partial charge in [0, 0.05) is 11.8 Å². The molecule has 2 aliphatic carbocycles. The number of carbonyl (C=O) groups excluding carboxylic acids is 2. The number of Topliss-reactive ketones (excluding diaryl/α,β-unsaturated/α-hetero) is 2. The SMILES string of the molecule is CC12CCC(C(S(=O)(=O)[O-])C1=O)C2(C)C.CCC(=O)C[S+](C)C. The molecule has 2 rings (SSSR count). The summed E-state index contributed by atoms with van der Waals surface area (Å²) in [5, 5.41) is -1.30. The van der Waals surface area contributed by atoms with Crippen LogP contribution in [-0.4, -0.2) is 48.1 Å². The van der Waals surface area contributed by atoms with Gasteiger partial charge in [-0.25, -0.2) is 8.42 Å². The summed E-state index contributed by atoms with van der Waals surface area (Å²) >= 11 is 0. The van der Waals surface area contributed by atoms with Gasteiger partial charge >= 0.3 is 0 Å². The fourth-order valence-electron chi connectivity index (χ4n) is 3.76. The molecule has 0 N–H and O–H groups in total. The molecular weight excluding hydrogens is 336 g/mol. The zero-order valence-electron chi connectivity index (χ0n) is 14.8. The van der Waals surface area contributed by atoms with E-state index in [1.165, 1.54) is 0 Å². The van der Waals surface area contributed by atoms with E-state index in [0.29, 0.717) is 35.9 Å². The van der Waals surface area contributed by atoms with Gasteiger partial charge < -0.3 is 4.55 Å². The van der Waals surface area contributed by atoms with Crippen LogP contribution in [0.3, 0.4) is 0 Å². The first-order valence-electron chi connectivity index (χ1n) is 7.84. The summed E-state index contributed by atoms with van der Waals surface area (Å²) in [5.74, 6) is 0.505. The third-order valence-corrected chi connectivity index (χ3v) is 7.69. The summed E-state index contributed by atoms with van der Waals surface area (Å²) in [4.78, 5) is 22.6. The minimum atomic E-state index is -4.49. The van der Waals surface area contributed by atoms with Gasteiger partial charge in [-0.15, -0.1) is 0 Å². The summed E-state index contributed by atoms with van der Waals surface area (Å²) < 4.78 is 33.3. The van der Waals surface area contributed by atoms with Crippen molar-refractivity contribution in [1.29, 1.82) is 0 Å². The second-order valence-electron chi connectivity index (χ2n) is 7.50. The summed E-state index contributed by atoms with van der Waals surface area (Å²) in [7, 11) is -4.19. The average Bonchev–Trinajstić information content (AvgIpc) is 2.69. The fourth-order valence-corrected chi connectivity index (χ4v) is 6.01. The van der Waals surface area contributed by atoms with Gasteiger partial charge in [-0.3, -0.25) is 9.59 Å². The van der Waals surface area contributed by atoms with Gasteiger partial charge in [0.2, 0.25) is 0 Å². The molecule has 2 fully saturated rings. The highest BCUT2D eigenvalue weighted by Crippen LogP contribution is 2.64. The Morgan fingerprint density at radius 1 is 1.30 bits per heavy atom. The minimum absolute atomic E-state index is 0.294. The molecule has 0 aromatic carbocycles. The van der Waals surface area contributed by atoms with Gasteiger partial charge in [-0.2, -0.15) is 0 Å². The van der Waals surface area contributed by atoms with E-state index in [0.717, 1.165) is 5.75 Å². The Bertz CT molecular complexity index is 579. The lowest BCUT2D eigenvalue weighted by Crippen LogP contribution is -2.38. The maximum Gasteiger partial charge on any atom is 0.181 e. The van der Waals surface area contributed by atoms with Gasteiger partial charge in [0.05, 0.1) is 12.5 Å². The van der Waals surface area contributed by atoms with E-state index in [1.807, 2.05) is 20.8 Å². The monoisotopic (exact) mass is 364 g/mol. The second-order valence-corrected chi connectivity index (χ2v) is 11.3. The molecule has 0 aliphatic heterocycles. The fraction of sp³-hybridized carbons (Fsp3) is 0.875. The molecule has 2 aliphatic rings. The van der Waals surface area contributed by atoms with Crippen molar-refractivity contribution in [1.82, 2.24) is 0 Å². The Labute approximate surface area is 142 Å². The first kappa shape index (κ1) is 20.6. The summed E-state index contributed by atoms with van der Waals surface area (Å²) in [6, 6.07) is 0. The number of rotatable bonds is 4. The van der Waals surface area contributed by atoms with Crippen LogP contribution in [-0.2, 0) is 30.6 Å². The van der Waals surface area contributed by atoms with E-state index in [9.17, 15) is 22.6 Å². The van der Waals surface area contributed by atoms with Crippen molar-refractivity contribution in [3.63, 3.8) is 0 Å². The van der Waals surface area contributed by atoms with Crippen LogP contribution >= 0.6 is 0 Å². The highest BCUT2D eigenvalue weighted by Gasteiger charge is 2.67. The molecule has 2 saturated carbocycles. The Hall–Kier alpha value is -0.400. The second kappa shape index (κ2) is 6.84. The van der Waals surface area contributed by atoms with Crippen LogP contribution in [0.1, 0.15) is 47.0 Å². The Morgan fingerprint density at radius 3 is 2.04 bits per heavy atom. The van der Waals surface area contributed by atoms with Crippen molar-refractivity contribution in [2.24, 2.45) is 16.7 Å².